The van der Waals surface area contributed by atoms with Crippen LogP contribution in [0.5, 0.6) is 0 Å². The molecule has 2 aromatic rings. The average Bonchev–Trinajstić information content (AvgIpc) is 2.76. The molecule has 1 amide bonds. The summed E-state index contributed by atoms with van der Waals surface area (Å²) in [6, 6.07) is 6.70. The standard InChI is InChI=1S/C11H9N3O2S/c1-7-10(17-14-13-7)11(16)12-9-4-2-3-8(5-9)6-15/h2-6H,1H3,(H,12,16). The molecule has 0 bridgehead atoms. The zero-order chi connectivity index (χ0) is 12.3. The highest BCUT2D eigenvalue weighted by Gasteiger charge is 2.13. The average molecular weight is 247 g/mol. The first-order chi connectivity index (χ1) is 8.20. The highest BCUT2D eigenvalue weighted by atomic mass is 32.1. The third-order valence-electron chi connectivity index (χ3n) is 2.14. The number of carbonyl (C=O) groups is 2. The summed E-state index contributed by atoms with van der Waals surface area (Å²) in [4.78, 5) is 22.9. The maximum absolute atomic E-state index is 11.8. The Hall–Kier alpha value is -2.08. The molecule has 0 saturated heterocycles. The van der Waals surface area contributed by atoms with E-state index in [4.69, 9.17) is 0 Å². The van der Waals surface area contributed by atoms with Crippen LogP contribution in [0.1, 0.15) is 25.7 Å². The molecule has 0 fully saturated rings. The number of benzene rings is 1. The van der Waals surface area contributed by atoms with Crippen molar-refractivity contribution < 1.29 is 9.59 Å². The summed E-state index contributed by atoms with van der Waals surface area (Å²) in [5.74, 6) is -0.263. The van der Waals surface area contributed by atoms with E-state index in [1.165, 1.54) is 0 Å². The van der Waals surface area contributed by atoms with Crippen LogP contribution < -0.4 is 5.32 Å². The van der Waals surface area contributed by atoms with Crippen molar-refractivity contribution in [2.45, 2.75) is 6.92 Å². The van der Waals surface area contributed by atoms with Gasteiger partial charge in [-0.25, -0.2) is 0 Å². The smallest absolute Gasteiger partial charge is 0.269 e. The van der Waals surface area contributed by atoms with E-state index in [-0.39, 0.29) is 5.91 Å². The van der Waals surface area contributed by atoms with Crippen LogP contribution in [-0.4, -0.2) is 21.8 Å². The van der Waals surface area contributed by atoms with E-state index >= 15 is 0 Å². The summed E-state index contributed by atoms with van der Waals surface area (Å²) in [7, 11) is 0. The first-order valence-electron chi connectivity index (χ1n) is 4.86. The third-order valence-corrected chi connectivity index (χ3v) is 2.97. The SMILES string of the molecule is Cc1nnsc1C(=O)Nc1cccc(C=O)c1. The van der Waals surface area contributed by atoms with Crippen LogP contribution in [0.25, 0.3) is 0 Å². The Morgan fingerprint density at radius 2 is 2.29 bits per heavy atom. The Labute approximate surface area is 102 Å². The fourth-order valence-electron chi connectivity index (χ4n) is 1.32. The molecule has 0 unspecified atom stereocenters. The summed E-state index contributed by atoms with van der Waals surface area (Å²) < 4.78 is 3.69. The first kappa shape index (κ1) is 11.4. The van der Waals surface area contributed by atoms with Gasteiger partial charge in [0.25, 0.3) is 5.91 Å². The van der Waals surface area contributed by atoms with Gasteiger partial charge in [-0.1, -0.05) is 16.6 Å². The molecule has 1 heterocycles. The first-order valence-corrected chi connectivity index (χ1v) is 5.63. The molecular weight excluding hydrogens is 238 g/mol. The van der Waals surface area contributed by atoms with E-state index in [1.54, 1.807) is 31.2 Å². The van der Waals surface area contributed by atoms with Gasteiger partial charge in [0.2, 0.25) is 0 Å². The number of amides is 1. The number of hydrogen-bond donors (Lipinski definition) is 1. The van der Waals surface area contributed by atoms with Gasteiger partial charge in [-0.05, 0) is 30.6 Å². The second kappa shape index (κ2) is 4.84. The van der Waals surface area contributed by atoms with Gasteiger partial charge in [-0.2, -0.15) is 0 Å². The number of nitrogens with one attached hydrogen (secondary N) is 1. The minimum atomic E-state index is -0.263. The van der Waals surface area contributed by atoms with Crippen molar-refractivity contribution in [1.82, 2.24) is 9.59 Å². The van der Waals surface area contributed by atoms with Gasteiger partial charge in [0.15, 0.2) is 0 Å². The summed E-state index contributed by atoms with van der Waals surface area (Å²) in [6.45, 7) is 1.72. The number of nitrogens with zero attached hydrogens (tertiary/aromatic N) is 2. The van der Waals surface area contributed by atoms with Gasteiger partial charge in [-0.3, -0.25) is 9.59 Å². The molecule has 86 valence electrons. The summed E-state index contributed by atoms with van der Waals surface area (Å²) in [5, 5.41) is 6.46. The van der Waals surface area contributed by atoms with Gasteiger partial charge in [-0.15, -0.1) is 5.10 Å². The largest absolute Gasteiger partial charge is 0.321 e. The molecule has 6 heteroatoms. The van der Waals surface area contributed by atoms with E-state index in [2.05, 4.69) is 14.9 Å². The molecule has 2 rings (SSSR count). The fraction of sp³-hybridized carbons (Fsp3) is 0.0909. The Kier molecular flexibility index (Phi) is 3.24. The second-order valence-corrected chi connectivity index (χ2v) is 4.14. The fourth-order valence-corrected chi connectivity index (χ4v) is 1.87. The van der Waals surface area contributed by atoms with E-state index in [1.807, 2.05) is 0 Å². The van der Waals surface area contributed by atoms with Crippen LogP contribution in [-0.2, 0) is 0 Å². The topological polar surface area (TPSA) is 72.0 Å². The molecule has 0 aliphatic carbocycles. The second-order valence-electron chi connectivity index (χ2n) is 3.38. The van der Waals surface area contributed by atoms with Crippen LogP contribution in [0, 0.1) is 6.92 Å². The summed E-state index contributed by atoms with van der Waals surface area (Å²) in [6.07, 6.45) is 0.731. The molecule has 1 aromatic carbocycles. The van der Waals surface area contributed by atoms with Crippen molar-refractivity contribution in [3.05, 3.63) is 40.4 Å². The Morgan fingerprint density at radius 3 is 2.94 bits per heavy atom. The molecule has 5 nitrogen and oxygen atoms in total. The Balaban J connectivity index is 2.18. The van der Waals surface area contributed by atoms with E-state index in [9.17, 15) is 9.59 Å². The number of hydrogen-bond acceptors (Lipinski definition) is 5. The quantitative estimate of drug-likeness (QED) is 0.841. The third kappa shape index (κ3) is 2.54. The van der Waals surface area contributed by atoms with E-state index in [0.29, 0.717) is 21.8 Å². The number of rotatable bonds is 3. The van der Waals surface area contributed by atoms with Crippen molar-refractivity contribution in [2.75, 3.05) is 5.32 Å². The molecule has 0 radical (unpaired) electrons. The van der Waals surface area contributed by atoms with Gasteiger partial charge >= 0.3 is 0 Å². The molecule has 1 aromatic heterocycles. The number of aromatic nitrogens is 2. The van der Waals surface area contributed by atoms with Crippen molar-refractivity contribution >= 4 is 29.4 Å². The molecule has 0 aliphatic rings. The predicted molar refractivity (Wildman–Crippen MR) is 64.4 cm³/mol. The minimum absolute atomic E-state index is 0.263. The van der Waals surface area contributed by atoms with E-state index < -0.39 is 0 Å². The highest BCUT2D eigenvalue weighted by Crippen LogP contribution is 2.14. The van der Waals surface area contributed by atoms with Crippen molar-refractivity contribution in [1.29, 1.82) is 0 Å². The molecule has 0 aliphatic heterocycles. The van der Waals surface area contributed by atoms with Crippen molar-refractivity contribution in [3.8, 4) is 0 Å². The van der Waals surface area contributed by atoms with Crippen molar-refractivity contribution in [2.24, 2.45) is 0 Å². The van der Waals surface area contributed by atoms with E-state index in [0.717, 1.165) is 17.8 Å². The van der Waals surface area contributed by atoms with Gasteiger partial charge in [0, 0.05) is 11.3 Å². The lowest BCUT2D eigenvalue weighted by atomic mass is 10.2. The molecule has 0 atom stereocenters. The summed E-state index contributed by atoms with van der Waals surface area (Å²) in [5.41, 5.74) is 1.69. The Bertz CT molecular complexity index is 565. The van der Waals surface area contributed by atoms with Crippen molar-refractivity contribution in [3.63, 3.8) is 0 Å². The van der Waals surface area contributed by atoms with Crippen LogP contribution in [0.2, 0.25) is 0 Å². The zero-order valence-corrected chi connectivity index (χ0v) is 9.82. The summed E-state index contributed by atoms with van der Waals surface area (Å²) >= 11 is 1.04. The van der Waals surface area contributed by atoms with Gasteiger partial charge in [0.1, 0.15) is 11.2 Å². The van der Waals surface area contributed by atoms with Crippen LogP contribution >= 0.6 is 11.5 Å². The maximum Gasteiger partial charge on any atom is 0.269 e. The minimum Gasteiger partial charge on any atom is -0.321 e. The lowest BCUT2D eigenvalue weighted by Crippen LogP contribution is -2.11. The molecule has 1 N–H and O–H groups in total. The lowest BCUT2D eigenvalue weighted by molar-refractivity contribution is 0.102. The van der Waals surface area contributed by atoms with Gasteiger partial charge in [0.05, 0.1) is 5.69 Å². The number of carbonyl (C=O) groups excluding carboxylic acids is 2. The van der Waals surface area contributed by atoms with Crippen LogP contribution in [0.3, 0.4) is 0 Å². The number of aryl methyl sites for hydroxylation is 1. The van der Waals surface area contributed by atoms with Gasteiger partial charge < -0.3 is 5.32 Å². The molecule has 0 saturated carbocycles. The predicted octanol–water partition coefficient (Wildman–Crippen LogP) is 1.91. The van der Waals surface area contributed by atoms with Crippen LogP contribution in [0.4, 0.5) is 5.69 Å². The Morgan fingerprint density at radius 1 is 1.47 bits per heavy atom. The molecular formula is C11H9N3O2S. The van der Waals surface area contributed by atoms with Crippen LogP contribution in [0.15, 0.2) is 24.3 Å². The molecule has 17 heavy (non-hydrogen) atoms. The monoisotopic (exact) mass is 247 g/mol. The zero-order valence-electron chi connectivity index (χ0n) is 9.01. The number of aldehydes is 1. The number of anilines is 1. The highest BCUT2D eigenvalue weighted by molar-refractivity contribution is 7.08. The lowest BCUT2D eigenvalue weighted by Gasteiger charge is -2.03. The normalized spacial score (nSPS) is 9.94. The molecule has 0 spiro atoms. The maximum atomic E-state index is 11.8.